The molecule has 0 spiro atoms. The highest BCUT2D eigenvalue weighted by Gasteiger charge is 2.12. The average Bonchev–Trinajstić information content (AvgIpc) is 3.59. The molecule has 0 radical (unpaired) electrons. The fourth-order valence-corrected chi connectivity index (χ4v) is 5.45. The molecule has 3 heteroatoms. The van der Waals surface area contributed by atoms with Crippen molar-refractivity contribution < 1.29 is 4.42 Å². The van der Waals surface area contributed by atoms with Gasteiger partial charge in [-0.2, -0.15) is 0 Å². The second kappa shape index (κ2) is 8.19. The predicted octanol–water partition coefficient (Wildman–Crippen LogP) is 9.39. The minimum absolute atomic E-state index is 0.919. The largest absolute Gasteiger partial charge is 0.455 e. The van der Waals surface area contributed by atoms with Crippen LogP contribution in [0.2, 0.25) is 0 Å². The van der Waals surface area contributed by atoms with Crippen molar-refractivity contribution in [3.8, 4) is 33.5 Å². The molecule has 8 aromatic rings. The number of fused-ring (bicyclic) bond motifs is 6. The topological polar surface area (TPSA) is 30.4 Å². The lowest BCUT2D eigenvalue weighted by molar-refractivity contribution is 0.672. The van der Waals surface area contributed by atoms with E-state index >= 15 is 0 Å². The van der Waals surface area contributed by atoms with E-state index in [0.717, 1.165) is 44.2 Å². The van der Waals surface area contributed by atoms with E-state index in [4.69, 9.17) is 9.40 Å². The summed E-state index contributed by atoms with van der Waals surface area (Å²) < 4.78 is 8.34. The summed E-state index contributed by atoms with van der Waals surface area (Å²) in [6.45, 7) is 0. The highest BCUT2D eigenvalue weighted by molar-refractivity contribution is 6.15. The molecule has 0 amide bonds. The normalized spacial score (nSPS) is 11.7. The van der Waals surface area contributed by atoms with Crippen molar-refractivity contribution >= 4 is 38.4 Å². The van der Waals surface area contributed by atoms with Crippen LogP contribution in [-0.2, 0) is 0 Å². The highest BCUT2D eigenvalue weighted by atomic mass is 16.3. The van der Waals surface area contributed by atoms with Crippen molar-refractivity contribution in [2.45, 2.75) is 0 Å². The van der Waals surface area contributed by atoms with Gasteiger partial charge in [0, 0.05) is 34.1 Å². The number of pyridine rings is 1. The van der Waals surface area contributed by atoms with Gasteiger partial charge in [-0.3, -0.25) is 0 Å². The summed E-state index contributed by atoms with van der Waals surface area (Å²) in [6, 6.07) is 42.7. The van der Waals surface area contributed by atoms with Gasteiger partial charge in [0.15, 0.2) is 0 Å². The molecule has 0 fully saturated rings. The lowest BCUT2D eigenvalue weighted by atomic mass is 9.98. The molecule has 3 aromatic heterocycles. The number of hydrogen-bond donors (Lipinski definition) is 0. The number of hydrogen-bond acceptors (Lipinski definition) is 2. The fourth-order valence-electron chi connectivity index (χ4n) is 5.45. The third-order valence-electron chi connectivity index (χ3n) is 7.46. The molecule has 8 rings (SSSR count). The molecule has 0 bridgehead atoms. The van der Waals surface area contributed by atoms with Crippen LogP contribution in [0.3, 0.4) is 0 Å². The minimum atomic E-state index is 0.919. The molecule has 38 heavy (non-hydrogen) atoms. The number of nitrogens with zero attached hydrogens (tertiary/aromatic N) is 2. The van der Waals surface area contributed by atoms with Gasteiger partial charge >= 0.3 is 0 Å². The predicted molar refractivity (Wildman–Crippen MR) is 156 cm³/mol. The van der Waals surface area contributed by atoms with Gasteiger partial charge in [-0.15, -0.1) is 0 Å². The molecule has 0 atom stereocenters. The van der Waals surface area contributed by atoms with Gasteiger partial charge in [0.05, 0.1) is 5.69 Å². The van der Waals surface area contributed by atoms with Crippen LogP contribution in [0, 0.1) is 0 Å². The maximum atomic E-state index is 6.29. The Morgan fingerprint density at radius 3 is 2.00 bits per heavy atom. The quantitative estimate of drug-likeness (QED) is 0.249. The summed E-state index contributed by atoms with van der Waals surface area (Å²) in [7, 11) is 0. The van der Waals surface area contributed by atoms with Gasteiger partial charge < -0.3 is 8.82 Å². The summed E-state index contributed by atoms with van der Waals surface area (Å²) in [5, 5.41) is 4.65. The maximum Gasteiger partial charge on any atom is 0.143 e. The molecular formula is C35H22N2O. The first-order valence-electron chi connectivity index (χ1n) is 12.8. The van der Waals surface area contributed by atoms with Gasteiger partial charge in [0.25, 0.3) is 0 Å². The summed E-state index contributed by atoms with van der Waals surface area (Å²) in [5.41, 5.74) is 9.67. The lowest BCUT2D eigenvalue weighted by Gasteiger charge is -2.06. The van der Waals surface area contributed by atoms with Crippen LogP contribution in [0.1, 0.15) is 0 Å². The zero-order chi connectivity index (χ0) is 25.1. The first-order valence-corrected chi connectivity index (χ1v) is 12.8. The number of rotatable bonds is 3. The number of furan rings is 1. The summed E-state index contributed by atoms with van der Waals surface area (Å²) in [4.78, 5) is 4.74. The first kappa shape index (κ1) is 21.0. The van der Waals surface area contributed by atoms with Crippen LogP contribution in [0.25, 0.3) is 71.9 Å². The van der Waals surface area contributed by atoms with E-state index in [9.17, 15) is 0 Å². The zero-order valence-electron chi connectivity index (χ0n) is 20.5. The van der Waals surface area contributed by atoms with E-state index < -0.39 is 0 Å². The van der Waals surface area contributed by atoms with E-state index in [-0.39, 0.29) is 0 Å². The third kappa shape index (κ3) is 3.33. The van der Waals surface area contributed by atoms with Gasteiger partial charge in [0.1, 0.15) is 16.8 Å². The number of benzene rings is 5. The Bertz CT molecular complexity index is 2080. The minimum Gasteiger partial charge on any atom is -0.455 e. The average molecular weight is 487 g/mol. The van der Waals surface area contributed by atoms with Crippen molar-refractivity contribution in [2.24, 2.45) is 0 Å². The standard InChI is InChI=1S/C35H22N2O/c1-2-6-29-26(5-1)16-18-30-31-21-28(17-19-33(31)38-35(29)30)25-10-8-23(9-11-25)24-12-14-27(15-13-24)32-22-37-20-4-3-7-34(37)36-32/h1-22H. The Morgan fingerprint density at radius 1 is 0.526 bits per heavy atom. The van der Waals surface area contributed by atoms with Crippen molar-refractivity contribution in [3.05, 3.63) is 134 Å². The molecule has 0 N–H and O–H groups in total. The Labute approximate surface area is 219 Å². The molecule has 3 nitrogen and oxygen atoms in total. The van der Waals surface area contributed by atoms with Gasteiger partial charge in [-0.25, -0.2) is 4.98 Å². The SMILES string of the molecule is c1ccc2c(c1)ccc1c3cc(-c4ccc(-c5ccc(-c6cn7ccccc7n6)cc5)cc4)ccc3oc21. The van der Waals surface area contributed by atoms with Crippen LogP contribution in [0.4, 0.5) is 0 Å². The maximum absolute atomic E-state index is 6.29. The van der Waals surface area contributed by atoms with Crippen LogP contribution in [-0.4, -0.2) is 9.38 Å². The molecule has 5 aromatic carbocycles. The third-order valence-corrected chi connectivity index (χ3v) is 7.46. The van der Waals surface area contributed by atoms with Gasteiger partial charge in [0.2, 0.25) is 0 Å². The Kier molecular flexibility index (Phi) is 4.52. The number of imidazole rings is 1. The van der Waals surface area contributed by atoms with Crippen molar-refractivity contribution in [3.63, 3.8) is 0 Å². The Morgan fingerprint density at radius 2 is 1.21 bits per heavy atom. The van der Waals surface area contributed by atoms with Crippen molar-refractivity contribution in [2.75, 3.05) is 0 Å². The number of aromatic nitrogens is 2. The lowest BCUT2D eigenvalue weighted by Crippen LogP contribution is -1.82. The van der Waals surface area contributed by atoms with Gasteiger partial charge in [-0.05, 0) is 58.0 Å². The van der Waals surface area contributed by atoms with Crippen LogP contribution in [0.15, 0.2) is 138 Å². The van der Waals surface area contributed by atoms with E-state index in [2.05, 4.69) is 109 Å². The van der Waals surface area contributed by atoms with Crippen LogP contribution in [0.5, 0.6) is 0 Å². The van der Waals surface area contributed by atoms with Crippen molar-refractivity contribution in [1.82, 2.24) is 9.38 Å². The summed E-state index contributed by atoms with van der Waals surface area (Å²) in [6.07, 6.45) is 4.10. The van der Waals surface area contributed by atoms with Crippen LogP contribution >= 0.6 is 0 Å². The van der Waals surface area contributed by atoms with Gasteiger partial charge in [-0.1, -0.05) is 91.0 Å². The molecule has 0 aliphatic rings. The summed E-state index contributed by atoms with van der Waals surface area (Å²) in [5.74, 6) is 0. The van der Waals surface area contributed by atoms with E-state index in [0.29, 0.717) is 0 Å². The summed E-state index contributed by atoms with van der Waals surface area (Å²) >= 11 is 0. The van der Waals surface area contributed by atoms with Crippen molar-refractivity contribution in [1.29, 1.82) is 0 Å². The van der Waals surface area contributed by atoms with E-state index in [1.54, 1.807) is 0 Å². The second-order valence-electron chi connectivity index (χ2n) is 9.72. The molecule has 0 aliphatic heterocycles. The molecule has 0 saturated carbocycles. The second-order valence-corrected chi connectivity index (χ2v) is 9.72. The first-order chi connectivity index (χ1) is 18.8. The Hall–Kier alpha value is -5.15. The van der Waals surface area contributed by atoms with E-state index in [1.807, 2.05) is 28.8 Å². The molecule has 0 saturated heterocycles. The molecule has 0 aliphatic carbocycles. The molecule has 3 heterocycles. The van der Waals surface area contributed by atoms with Crippen LogP contribution < -0.4 is 0 Å². The molecule has 0 unspecified atom stereocenters. The molecular weight excluding hydrogens is 464 g/mol. The zero-order valence-corrected chi connectivity index (χ0v) is 20.5. The van der Waals surface area contributed by atoms with E-state index in [1.165, 1.54) is 27.6 Å². The highest BCUT2D eigenvalue weighted by Crippen LogP contribution is 2.36. The monoisotopic (exact) mass is 486 g/mol. The Balaban J connectivity index is 1.11. The molecule has 178 valence electrons. The smallest absolute Gasteiger partial charge is 0.143 e. The fraction of sp³-hybridized carbons (Fsp3) is 0.